The smallest absolute Gasteiger partial charge is 0.225 e. The van der Waals surface area contributed by atoms with Crippen LogP contribution in [0, 0.1) is 6.92 Å². The number of hydrogen-bond donors (Lipinski definition) is 1. The van der Waals surface area contributed by atoms with Crippen molar-refractivity contribution in [1.29, 1.82) is 0 Å². The molecule has 2 fully saturated rings. The van der Waals surface area contributed by atoms with Gasteiger partial charge in [-0.2, -0.15) is 5.10 Å². The minimum absolute atomic E-state index is 0.0338. The summed E-state index contributed by atoms with van der Waals surface area (Å²) in [6, 6.07) is 4.41. The Morgan fingerprint density at radius 2 is 2.26 bits per heavy atom. The maximum Gasteiger partial charge on any atom is 0.225 e. The van der Waals surface area contributed by atoms with Crippen LogP contribution in [0.15, 0.2) is 22.9 Å². The Labute approximate surface area is 134 Å². The van der Waals surface area contributed by atoms with Gasteiger partial charge < -0.3 is 14.7 Å². The van der Waals surface area contributed by atoms with Gasteiger partial charge in [0, 0.05) is 37.8 Å². The maximum absolute atomic E-state index is 12.5. The van der Waals surface area contributed by atoms with E-state index in [0.717, 1.165) is 30.0 Å². The molecule has 0 radical (unpaired) electrons. The lowest BCUT2D eigenvalue weighted by molar-refractivity contribution is -0.129. The number of nitrogens with one attached hydrogen (secondary N) is 1. The van der Waals surface area contributed by atoms with Gasteiger partial charge in [0.1, 0.15) is 0 Å². The van der Waals surface area contributed by atoms with Gasteiger partial charge in [0.15, 0.2) is 5.76 Å². The quantitative estimate of drug-likeness (QED) is 0.900. The second-order valence-corrected chi connectivity index (χ2v) is 6.48. The largest absolute Gasteiger partial charge is 0.360 e. The first-order valence-corrected chi connectivity index (χ1v) is 8.08. The fourth-order valence-electron chi connectivity index (χ4n) is 3.48. The number of rotatable bonds is 5. The standard InChI is InChI=1S/C16H21N5O2/c1-10-7-12(23-19-10)9-17-13-8-15(22)21(11-3-4-11)16(13)14-5-6-18-20(14)2/h5-7,11,13,16-17H,3-4,8-9H2,1-2H3/t13-,16-/m1/s1. The molecule has 1 amide bonds. The van der Waals surface area contributed by atoms with Crippen molar-refractivity contribution in [2.24, 2.45) is 7.05 Å². The van der Waals surface area contributed by atoms with Crippen molar-refractivity contribution in [3.63, 3.8) is 0 Å². The van der Waals surface area contributed by atoms with Crippen molar-refractivity contribution >= 4 is 5.91 Å². The van der Waals surface area contributed by atoms with Gasteiger partial charge in [0.2, 0.25) is 5.91 Å². The molecule has 4 rings (SSSR count). The average molecular weight is 315 g/mol. The Bertz CT molecular complexity index is 718. The highest BCUT2D eigenvalue weighted by molar-refractivity contribution is 5.81. The number of aromatic nitrogens is 3. The summed E-state index contributed by atoms with van der Waals surface area (Å²) in [5, 5.41) is 11.7. The summed E-state index contributed by atoms with van der Waals surface area (Å²) in [5.74, 6) is 1.02. The summed E-state index contributed by atoms with van der Waals surface area (Å²) in [6.07, 6.45) is 4.52. The lowest BCUT2D eigenvalue weighted by Gasteiger charge is -2.28. The molecule has 1 saturated carbocycles. The Balaban J connectivity index is 1.56. The van der Waals surface area contributed by atoms with E-state index >= 15 is 0 Å². The molecular formula is C16H21N5O2. The van der Waals surface area contributed by atoms with E-state index in [1.165, 1.54) is 0 Å². The van der Waals surface area contributed by atoms with Gasteiger partial charge in [-0.1, -0.05) is 5.16 Å². The van der Waals surface area contributed by atoms with Crippen molar-refractivity contribution in [3.8, 4) is 0 Å². The number of carbonyl (C=O) groups is 1. The Morgan fingerprint density at radius 1 is 1.43 bits per heavy atom. The molecule has 1 N–H and O–H groups in total. The molecule has 0 spiro atoms. The van der Waals surface area contributed by atoms with E-state index in [2.05, 4.69) is 20.5 Å². The molecule has 0 aromatic carbocycles. The number of nitrogens with zero attached hydrogens (tertiary/aromatic N) is 4. The fraction of sp³-hybridized carbons (Fsp3) is 0.562. The van der Waals surface area contributed by atoms with Gasteiger partial charge in [-0.15, -0.1) is 0 Å². The molecule has 0 bridgehead atoms. The first-order chi connectivity index (χ1) is 11.1. The van der Waals surface area contributed by atoms with Crippen molar-refractivity contribution in [3.05, 3.63) is 35.5 Å². The third kappa shape index (κ3) is 2.65. The number of hydrogen-bond acceptors (Lipinski definition) is 5. The minimum atomic E-state index is 0.0338. The summed E-state index contributed by atoms with van der Waals surface area (Å²) in [4.78, 5) is 14.6. The van der Waals surface area contributed by atoms with Gasteiger partial charge in [0.25, 0.3) is 0 Å². The monoisotopic (exact) mass is 315 g/mol. The zero-order valence-corrected chi connectivity index (χ0v) is 13.4. The van der Waals surface area contributed by atoms with Crippen LogP contribution in [0.2, 0.25) is 0 Å². The zero-order valence-electron chi connectivity index (χ0n) is 13.4. The summed E-state index contributed by atoms with van der Waals surface area (Å²) < 4.78 is 7.13. The van der Waals surface area contributed by atoms with Gasteiger partial charge in [-0.05, 0) is 25.8 Å². The lowest BCUT2D eigenvalue weighted by Crippen LogP contribution is -2.38. The Kier molecular flexibility index (Phi) is 3.45. The van der Waals surface area contributed by atoms with Gasteiger partial charge >= 0.3 is 0 Å². The molecule has 1 saturated heterocycles. The molecular weight excluding hydrogens is 294 g/mol. The molecule has 2 aliphatic rings. The van der Waals surface area contributed by atoms with Gasteiger partial charge in [-0.25, -0.2) is 0 Å². The van der Waals surface area contributed by atoms with E-state index in [1.807, 2.05) is 30.8 Å². The van der Waals surface area contributed by atoms with Crippen LogP contribution in [0.5, 0.6) is 0 Å². The second-order valence-electron chi connectivity index (χ2n) is 6.48. The Morgan fingerprint density at radius 3 is 2.87 bits per heavy atom. The molecule has 2 atom stereocenters. The molecule has 122 valence electrons. The molecule has 2 aromatic rings. The molecule has 1 aliphatic heterocycles. The highest BCUT2D eigenvalue weighted by Gasteiger charge is 2.48. The number of likely N-dealkylation sites (tertiary alicyclic amines) is 1. The number of amides is 1. The third-order valence-electron chi connectivity index (χ3n) is 4.68. The van der Waals surface area contributed by atoms with Crippen LogP contribution in [-0.2, 0) is 18.4 Å². The van der Waals surface area contributed by atoms with Crippen molar-refractivity contribution in [2.75, 3.05) is 0 Å². The first-order valence-electron chi connectivity index (χ1n) is 8.08. The highest BCUT2D eigenvalue weighted by Crippen LogP contribution is 2.41. The van der Waals surface area contributed by atoms with E-state index in [-0.39, 0.29) is 18.0 Å². The zero-order chi connectivity index (χ0) is 16.0. The predicted octanol–water partition coefficient (Wildman–Crippen LogP) is 1.31. The minimum Gasteiger partial charge on any atom is -0.360 e. The van der Waals surface area contributed by atoms with E-state index in [0.29, 0.717) is 19.0 Å². The molecule has 0 unspecified atom stereocenters. The van der Waals surface area contributed by atoms with Crippen molar-refractivity contribution < 1.29 is 9.32 Å². The normalized spacial score (nSPS) is 24.6. The fourth-order valence-corrected chi connectivity index (χ4v) is 3.48. The van der Waals surface area contributed by atoms with Gasteiger partial charge in [-0.3, -0.25) is 9.48 Å². The van der Waals surface area contributed by atoms with Crippen LogP contribution < -0.4 is 5.32 Å². The Hall–Kier alpha value is -2.15. The lowest BCUT2D eigenvalue weighted by atomic mass is 10.1. The van der Waals surface area contributed by atoms with Crippen LogP contribution in [0.4, 0.5) is 0 Å². The number of aryl methyl sites for hydroxylation is 2. The van der Waals surface area contributed by atoms with Crippen LogP contribution in [0.3, 0.4) is 0 Å². The van der Waals surface area contributed by atoms with Crippen molar-refractivity contribution in [1.82, 2.24) is 25.2 Å². The van der Waals surface area contributed by atoms with Gasteiger partial charge in [0.05, 0.1) is 24.0 Å². The summed E-state index contributed by atoms with van der Waals surface area (Å²) in [7, 11) is 1.93. The van der Waals surface area contributed by atoms with E-state index in [9.17, 15) is 4.79 Å². The molecule has 2 aromatic heterocycles. The predicted molar refractivity (Wildman–Crippen MR) is 82.3 cm³/mol. The molecule has 1 aliphatic carbocycles. The molecule has 7 nitrogen and oxygen atoms in total. The summed E-state index contributed by atoms with van der Waals surface area (Å²) in [6.45, 7) is 2.48. The maximum atomic E-state index is 12.5. The topological polar surface area (TPSA) is 76.2 Å². The van der Waals surface area contributed by atoms with Crippen LogP contribution in [0.25, 0.3) is 0 Å². The molecule has 23 heavy (non-hydrogen) atoms. The summed E-state index contributed by atoms with van der Waals surface area (Å²) in [5.41, 5.74) is 1.95. The highest BCUT2D eigenvalue weighted by atomic mass is 16.5. The van der Waals surface area contributed by atoms with Crippen LogP contribution >= 0.6 is 0 Å². The van der Waals surface area contributed by atoms with E-state index < -0.39 is 0 Å². The molecule has 3 heterocycles. The second kappa shape index (κ2) is 5.49. The van der Waals surface area contributed by atoms with Crippen LogP contribution in [-0.4, -0.2) is 37.8 Å². The van der Waals surface area contributed by atoms with E-state index in [1.54, 1.807) is 6.20 Å². The van der Waals surface area contributed by atoms with E-state index in [4.69, 9.17) is 4.52 Å². The number of carbonyl (C=O) groups excluding carboxylic acids is 1. The third-order valence-corrected chi connectivity index (χ3v) is 4.68. The molecule has 7 heteroatoms. The van der Waals surface area contributed by atoms with Crippen LogP contribution in [0.1, 0.15) is 42.5 Å². The summed E-state index contributed by atoms with van der Waals surface area (Å²) >= 11 is 0. The van der Waals surface area contributed by atoms with Crippen molar-refractivity contribution in [2.45, 2.75) is 50.9 Å². The average Bonchev–Trinajstić information content (AvgIpc) is 2.98. The first kappa shape index (κ1) is 14.4. The SMILES string of the molecule is Cc1cc(CN[C@@H]2CC(=O)N(C3CC3)[C@H]2c2ccnn2C)on1.